The van der Waals surface area contributed by atoms with Crippen LogP contribution in [0.1, 0.15) is 6.42 Å². The summed E-state index contributed by atoms with van der Waals surface area (Å²) in [6.07, 6.45) is 1.43. The third-order valence-electron chi connectivity index (χ3n) is 3.22. The van der Waals surface area contributed by atoms with E-state index in [0.717, 1.165) is 20.3 Å². The van der Waals surface area contributed by atoms with E-state index in [1.807, 2.05) is 0 Å². The molecule has 104 valence electrons. The van der Waals surface area contributed by atoms with Crippen LogP contribution in [0.25, 0.3) is 0 Å². The molecule has 0 nitrogen and oxygen atoms in total. The van der Waals surface area contributed by atoms with Gasteiger partial charge in [-0.2, -0.15) is 47.0 Å². The summed E-state index contributed by atoms with van der Waals surface area (Å²) in [5, 5.41) is 2.94. The lowest BCUT2D eigenvalue weighted by molar-refractivity contribution is 1.000. The van der Waals surface area contributed by atoms with E-state index in [1.54, 1.807) is 0 Å². The average Bonchev–Trinajstić information content (AvgIpc) is 2.19. The van der Waals surface area contributed by atoms with Gasteiger partial charge in [-0.3, -0.25) is 0 Å². The molecule has 0 aromatic heterocycles. The zero-order chi connectivity index (χ0) is 12.2. The van der Waals surface area contributed by atoms with Crippen LogP contribution in [0.3, 0.4) is 0 Å². The van der Waals surface area contributed by atoms with Crippen LogP contribution in [-0.2, 0) is 0 Å². The smallest absolute Gasteiger partial charge is 0.0517 e. The van der Waals surface area contributed by atoms with Crippen molar-refractivity contribution in [1.82, 2.24) is 0 Å². The molecule has 3 fully saturated rings. The molecule has 0 saturated carbocycles. The number of thioether (sulfide) groups is 6. The van der Waals surface area contributed by atoms with Gasteiger partial charge in [-0.15, -0.1) is 23.5 Å². The second kappa shape index (κ2) is 7.92. The molecule has 3 rings (SSSR count). The van der Waals surface area contributed by atoms with E-state index >= 15 is 0 Å². The average molecular weight is 357 g/mol. The summed E-state index contributed by atoms with van der Waals surface area (Å²) < 4.78 is 0.891. The Bertz CT molecular complexity index is 233. The van der Waals surface area contributed by atoms with Crippen LogP contribution in [0.15, 0.2) is 0 Å². The number of rotatable bonds is 8. The Morgan fingerprint density at radius 2 is 1.28 bits per heavy atom. The first kappa shape index (κ1) is 15.0. The van der Waals surface area contributed by atoms with E-state index in [4.69, 9.17) is 0 Å². The summed E-state index contributed by atoms with van der Waals surface area (Å²) in [7, 11) is 0. The van der Waals surface area contributed by atoms with Crippen LogP contribution >= 0.6 is 70.6 Å². The number of hydrogen-bond acceptors (Lipinski definition) is 6. The molecule has 0 radical (unpaired) electrons. The maximum absolute atomic E-state index is 2.30. The molecule has 0 aromatic carbocycles. The topological polar surface area (TPSA) is 0 Å². The molecule has 0 amide bonds. The van der Waals surface area contributed by atoms with E-state index in [0.29, 0.717) is 0 Å². The predicted octanol–water partition coefficient (Wildman–Crippen LogP) is 4.25. The summed E-state index contributed by atoms with van der Waals surface area (Å²) in [5.41, 5.74) is 0. The highest BCUT2D eigenvalue weighted by Crippen LogP contribution is 2.43. The molecule has 0 bridgehead atoms. The third kappa shape index (κ3) is 4.55. The second-order valence-electron chi connectivity index (χ2n) is 4.84. The minimum Gasteiger partial charge on any atom is -0.160 e. The standard InChI is InChI=1S/C12H20S6/c1(2-16-9-3-13-4-9)12(17-10-5-14-6-10)18-11-7-15-8-11/h9-12H,1-8H2. The van der Waals surface area contributed by atoms with Gasteiger partial charge in [-0.05, 0) is 12.2 Å². The van der Waals surface area contributed by atoms with Gasteiger partial charge in [0.05, 0.1) is 4.58 Å². The fraction of sp³-hybridized carbons (Fsp3) is 1.00. The summed E-state index contributed by atoms with van der Waals surface area (Å²) >= 11 is 13.2. The predicted molar refractivity (Wildman–Crippen MR) is 99.4 cm³/mol. The van der Waals surface area contributed by atoms with Gasteiger partial charge in [0, 0.05) is 50.3 Å². The van der Waals surface area contributed by atoms with Gasteiger partial charge in [0.25, 0.3) is 0 Å². The maximum Gasteiger partial charge on any atom is 0.0517 e. The molecule has 0 aromatic rings. The van der Waals surface area contributed by atoms with Crippen LogP contribution in [0.2, 0.25) is 0 Å². The van der Waals surface area contributed by atoms with Crippen molar-refractivity contribution >= 4 is 70.6 Å². The van der Waals surface area contributed by atoms with Crippen LogP contribution < -0.4 is 0 Å². The highest BCUT2D eigenvalue weighted by Gasteiger charge is 2.28. The molecule has 3 saturated heterocycles. The largest absolute Gasteiger partial charge is 0.160 e. The fourth-order valence-electron chi connectivity index (χ4n) is 1.82. The van der Waals surface area contributed by atoms with Gasteiger partial charge in [0.2, 0.25) is 0 Å². The number of hydrogen-bond donors (Lipinski definition) is 0. The van der Waals surface area contributed by atoms with Crippen molar-refractivity contribution in [2.45, 2.75) is 26.8 Å². The van der Waals surface area contributed by atoms with Crippen LogP contribution in [0, 0.1) is 0 Å². The Balaban J connectivity index is 1.35. The van der Waals surface area contributed by atoms with E-state index in [2.05, 4.69) is 70.6 Å². The van der Waals surface area contributed by atoms with E-state index in [1.165, 1.54) is 46.7 Å². The Morgan fingerprint density at radius 1 is 0.778 bits per heavy atom. The first-order chi connectivity index (χ1) is 8.90. The van der Waals surface area contributed by atoms with Crippen molar-refractivity contribution in [1.29, 1.82) is 0 Å². The molecule has 3 aliphatic rings. The Labute approximate surface area is 136 Å². The van der Waals surface area contributed by atoms with Crippen molar-refractivity contribution in [3.63, 3.8) is 0 Å². The zero-order valence-electron chi connectivity index (χ0n) is 10.4. The fourth-order valence-corrected chi connectivity index (χ4v) is 10.4. The Kier molecular flexibility index (Phi) is 6.61. The molecule has 0 unspecified atom stereocenters. The van der Waals surface area contributed by atoms with Crippen LogP contribution in [0.5, 0.6) is 0 Å². The molecule has 6 heteroatoms. The molecule has 0 spiro atoms. The molecule has 0 atom stereocenters. The first-order valence-corrected chi connectivity index (χ1v) is 13.0. The second-order valence-corrected chi connectivity index (χ2v) is 12.8. The van der Waals surface area contributed by atoms with Gasteiger partial charge >= 0.3 is 0 Å². The molecule has 3 heterocycles. The van der Waals surface area contributed by atoms with Gasteiger partial charge in [-0.1, -0.05) is 0 Å². The Morgan fingerprint density at radius 3 is 1.67 bits per heavy atom. The van der Waals surface area contributed by atoms with Crippen molar-refractivity contribution in [3.8, 4) is 0 Å². The van der Waals surface area contributed by atoms with Gasteiger partial charge in [0.1, 0.15) is 0 Å². The highest BCUT2D eigenvalue weighted by atomic mass is 32.2. The lowest BCUT2D eigenvalue weighted by atomic mass is 10.5. The van der Waals surface area contributed by atoms with Crippen LogP contribution in [0.4, 0.5) is 0 Å². The molecular weight excluding hydrogens is 337 g/mol. The van der Waals surface area contributed by atoms with Gasteiger partial charge < -0.3 is 0 Å². The summed E-state index contributed by atoms with van der Waals surface area (Å²) in [6, 6.07) is 0. The zero-order valence-corrected chi connectivity index (χ0v) is 15.3. The minimum atomic E-state index is 0.891. The van der Waals surface area contributed by atoms with Gasteiger partial charge in [0.15, 0.2) is 0 Å². The van der Waals surface area contributed by atoms with Gasteiger partial charge in [-0.25, -0.2) is 0 Å². The summed E-state index contributed by atoms with van der Waals surface area (Å²) in [6.45, 7) is 0. The van der Waals surface area contributed by atoms with Crippen molar-refractivity contribution < 1.29 is 0 Å². The van der Waals surface area contributed by atoms with Crippen molar-refractivity contribution in [2.24, 2.45) is 0 Å². The third-order valence-corrected chi connectivity index (χ3v) is 12.8. The monoisotopic (exact) mass is 356 g/mol. The first-order valence-electron chi connectivity index (χ1n) is 6.56. The van der Waals surface area contributed by atoms with E-state index in [9.17, 15) is 0 Å². The quantitative estimate of drug-likeness (QED) is 0.592. The molecule has 18 heavy (non-hydrogen) atoms. The van der Waals surface area contributed by atoms with Crippen LogP contribution in [-0.4, -0.2) is 60.6 Å². The van der Waals surface area contributed by atoms with Crippen molar-refractivity contribution in [3.05, 3.63) is 0 Å². The van der Waals surface area contributed by atoms with E-state index in [-0.39, 0.29) is 0 Å². The highest BCUT2D eigenvalue weighted by molar-refractivity contribution is 8.20. The minimum absolute atomic E-state index is 0.891. The normalized spacial score (nSPS) is 25.8. The molecule has 0 N–H and O–H groups in total. The molecular formula is C12H20S6. The van der Waals surface area contributed by atoms with Crippen molar-refractivity contribution in [2.75, 3.05) is 40.3 Å². The lowest BCUT2D eigenvalue weighted by Gasteiger charge is -2.33. The summed E-state index contributed by atoms with van der Waals surface area (Å²) in [5.74, 6) is 9.86. The molecule has 3 aliphatic heterocycles. The Hall–Kier alpha value is 2.10. The molecule has 0 aliphatic carbocycles. The lowest BCUT2D eigenvalue weighted by Crippen LogP contribution is -2.28. The summed E-state index contributed by atoms with van der Waals surface area (Å²) in [4.78, 5) is 0. The van der Waals surface area contributed by atoms with E-state index < -0.39 is 0 Å². The SMILES string of the molecule is C(CC(SC1CSC1)SC1CSC1)SC1CSC1. The maximum atomic E-state index is 2.30.